The third kappa shape index (κ3) is 3.28. The van der Waals surface area contributed by atoms with Crippen molar-refractivity contribution in [3.05, 3.63) is 41.6 Å². The fourth-order valence-corrected chi connectivity index (χ4v) is 2.84. The minimum Gasteiger partial charge on any atom is -0.301 e. The SMILES string of the molecule is CCN1CCN(Cc2ccc3cc(C=O)ccc3n2)CC1. The molecular weight excluding hydrogens is 262 g/mol. The normalized spacial score (nSPS) is 17.2. The molecule has 1 aliphatic rings. The fourth-order valence-electron chi connectivity index (χ4n) is 2.84. The third-order valence-electron chi connectivity index (χ3n) is 4.20. The number of carbonyl (C=O) groups is 1. The lowest BCUT2D eigenvalue weighted by molar-refractivity contribution is 0.112. The van der Waals surface area contributed by atoms with Crippen molar-refractivity contribution in [2.45, 2.75) is 13.5 Å². The Hall–Kier alpha value is -1.78. The summed E-state index contributed by atoms with van der Waals surface area (Å²) in [4.78, 5) is 20.4. The van der Waals surface area contributed by atoms with Gasteiger partial charge in [-0.05, 0) is 30.8 Å². The van der Waals surface area contributed by atoms with Gasteiger partial charge in [0.25, 0.3) is 0 Å². The molecule has 1 saturated heterocycles. The Kier molecular flexibility index (Phi) is 4.27. The molecule has 0 N–H and O–H groups in total. The molecule has 3 rings (SSSR count). The first-order valence-corrected chi connectivity index (χ1v) is 7.58. The minimum atomic E-state index is 0.702. The molecule has 4 heteroatoms. The van der Waals surface area contributed by atoms with E-state index in [0.29, 0.717) is 5.56 Å². The van der Waals surface area contributed by atoms with E-state index in [4.69, 9.17) is 4.98 Å². The van der Waals surface area contributed by atoms with Gasteiger partial charge in [0.1, 0.15) is 6.29 Å². The lowest BCUT2D eigenvalue weighted by Crippen LogP contribution is -2.45. The van der Waals surface area contributed by atoms with Crippen LogP contribution in [0.4, 0.5) is 0 Å². The van der Waals surface area contributed by atoms with Gasteiger partial charge >= 0.3 is 0 Å². The Morgan fingerprint density at radius 1 is 1.10 bits per heavy atom. The predicted octanol–water partition coefficient (Wildman–Crippen LogP) is 2.18. The van der Waals surface area contributed by atoms with Gasteiger partial charge in [-0.25, -0.2) is 0 Å². The Balaban J connectivity index is 1.71. The van der Waals surface area contributed by atoms with Gasteiger partial charge in [0.05, 0.1) is 11.2 Å². The van der Waals surface area contributed by atoms with Crippen molar-refractivity contribution in [1.82, 2.24) is 14.8 Å². The van der Waals surface area contributed by atoms with Crippen LogP contribution in [0.5, 0.6) is 0 Å². The number of likely N-dealkylation sites (N-methyl/N-ethyl adjacent to an activating group) is 1. The van der Waals surface area contributed by atoms with Crippen LogP contribution in [-0.4, -0.2) is 53.8 Å². The Bertz CT molecular complexity index is 633. The van der Waals surface area contributed by atoms with Crippen LogP contribution in [0.2, 0.25) is 0 Å². The van der Waals surface area contributed by atoms with E-state index < -0.39 is 0 Å². The number of benzene rings is 1. The van der Waals surface area contributed by atoms with Gasteiger partial charge in [-0.1, -0.05) is 13.0 Å². The first kappa shape index (κ1) is 14.2. The highest BCUT2D eigenvalue weighted by atomic mass is 16.1. The van der Waals surface area contributed by atoms with E-state index >= 15 is 0 Å². The number of hydrogen-bond donors (Lipinski definition) is 0. The molecule has 1 fully saturated rings. The van der Waals surface area contributed by atoms with Crippen LogP contribution in [0.15, 0.2) is 30.3 Å². The lowest BCUT2D eigenvalue weighted by Gasteiger charge is -2.33. The topological polar surface area (TPSA) is 36.4 Å². The molecule has 0 aliphatic carbocycles. The number of carbonyl (C=O) groups excluding carboxylic acids is 1. The Labute approximate surface area is 125 Å². The molecular formula is C17H21N3O. The minimum absolute atomic E-state index is 0.702. The summed E-state index contributed by atoms with van der Waals surface area (Å²) >= 11 is 0. The lowest BCUT2D eigenvalue weighted by atomic mass is 10.1. The molecule has 1 aromatic heterocycles. The molecule has 110 valence electrons. The number of rotatable bonds is 4. The molecule has 0 bridgehead atoms. The highest BCUT2D eigenvalue weighted by Crippen LogP contribution is 2.15. The van der Waals surface area contributed by atoms with Gasteiger partial charge in [0, 0.05) is 43.7 Å². The molecule has 0 amide bonds. The number of aromatic nitrogens is 1. The van der Waals surface area contributed by atoms with E-state index in [0.717, 1.165) is 62.2 Å². The van der Waals surface area contributed by atoms with Crippen LogP contribution in [0.1, 0.15) is 23.0 Å². The summed E-state index contributed by atoms with van der Waals surface area (Å²) in [5.41, 5.74) is 2.77. The van der Waals surface area contributed by atoms with E-state index in [-0.39, 0.29) is 0 Å². The van der Waals surface area contributed by atoms with Crippen LogP contribution in [0, 0.1) is 0 Å². The van der Waals surface area contributed by atoms with Gasteiger partial charge < -0.3 is 4.90 Å². The second-order valence-corrected chi connectivity index (χ2v) is 5.58. The van der Waals surface area contributed by atoms with Crippen molar-refractivity contribution in [3.63, 3.8) is 0 Å². The van der Waals surface area contributed by atoms with E-state index in [9.17, 15) is 4.79 Å². The zero-order valence-corrected chi connectivity index (χ0v) is 12.5. The van der Waals surface area contributed by atoms with Crippen LogP contribution in [-0.2, 0) is 6.54 Å². The summed E-state index contributed by atoms with van der Waals surface area (Å²) in [7, 11) is 0. The molecule has 0 radical (unpaired) electrons. The van der Waals surface area contributed by atoms with Gasteiger partial charge in [-0.3, -0.25) is 14.7 Å². The largest absolute Gasteiger partial charge is 0.301 e. The summed E-state index contributed by atoms with van der Waals surface area (Å²) in [6, 6.07) is 9.78. The predicted molar refractivity (Wildman–Crippen MR) is 84.5 cm³/mol. The molecule has 0 atom stereocenters. The molecule has 21 heavy (non-hydrogen) atoms. The van der Waals surface area contributed by atoms with Crippen LogP contribution < -0.4 is 0 Å². The first-order valence-electron chi connectivity index (χ1n) is 7.58. The second kappa shape index (κ2) is 6.33. The number of pyridine rings is 1. The second-order valence-electron chi connectivity index (χ2n) is 5.58. The Morgan fingerprint density at radius 3 is 2.57 bits per heavy atom. The van der Waals surface area contributed by atoms with Crippen molar-refractivity contribution in [1.29, 1.82) is 0 Å². The molecule has 4 nitrogen and oxygen atoms in total. The van der Waals surface area contributed by atoms with E-state index in [1.54, 1.807) is 0 Å². The summed E-state index contributed by atoms with van der Waals surface area (Å²) in [5, 5.41) is 1.03. The number of aldehydes is 1. The number of hydrogen-bond acceptors (Lipinski definition) is 4. The average molecular weight is 283 g/mol. The molecule has 2 heterocycles. The van der Waals surface area contributed by atoms with Crippen molar-refractivity contribution < 1.29 is 4.79 Å². The maximum atomic E-state index is 10.8. The maximum absolute atomic E-state index is 10.8. The molecule has 0 unspecified atom stereocenters. The number of fused-ring (bicyclic) bond motifs is 1. The summed E-state index contributed by atoms with van der Waals surface area (Å²) < 4.78 is 0. The fraction of sp³-hybridized carbons (Fsp3) is 0.412. The van der Waals surface area contributed by atoms with Gasteiger partial charge in [-0.2, -0.15) is 0 Å². The third-order valence-corrected chi connectivity index (χ3v) is 4.20. The van der Waals surface area contributed by atoms with Crippen molar-refractivity contribution >= 4 is 17.2 Å². The number of nitrogens with zero attached hydrogens (tertiary/aromatic N) is 3. The highest BCUT2D eigenvalue weighted by Gasteiger charge is 2.15. The maximum Gasteiger partial charge on any atom is 0.150 e. The molecule has 0 saturated carbocycles. The van der Waals surface area contributed by atoms with E-state index in [2.05, 4.69) is 28.9 Å². The summed E-state index contributed by atoms with van der Waals surface area (Å²) in [5.74, 6) is 0. The van der Waals surface area contributed by atoms with E-state index in [1.807, 2.05) is 18.2 Å². The molecule has 2 aromatic rings. The average Bonchev–Trinajstić information content (AvgIpc) is 2.55. The van der Waals surface area contributed by atoms with Crippen molar-refractivity contribution in [2.24, 2.45) is 0 Å². The van der Waals surface area contributed by atoms with Crippen LogP contribution in [0.25, 0.3) is 10.9 Å². The van der Waals surface area contributed by atoms with Gasteiger partial charge in [-0.15, -0.1) is 0 Å². The quantitative estimate of drug-likeness (QED) is 0.806. The molecule has 1 aromatic carbocycles. The number of piperazine rings is 1. The molecule has 1 aliphatic heterocycles. The zero-order chi connectivity index (χ0) is 14.7. The summed E-state index contributed by atoms with van der Waals surface area (Å²) in [6.45, 7) is 8.77. The van der Waals surface area contributed by atoms with Crippen LogP contribution >= 0.6 is 0 Å². The van der Waals surface area contributed by atoms with Crippen molar-refractivity contribution in [2.75, 3.05) is 32.7 Å². The Morgan fingerprint density at radius 2 is 1.86 bits per heavy atom. The zero-order valence-electron chi connectivity index (χ0n) is 12.5. The van der Waals surface area contributed by atoms with Gasteiger partial charge in [0.2, 0.25) is 0 Å². The molecule has 0 spiro atoms. The monoisotopic (exact) mass is 283 g/mol. The smallest absolute Gasteiger partial charge is 0.150 e. The standard InChI is InChI=1S/C17H21N3O/c1-2-19-7-9-20(10-8-19)12-16-5-4-15-11-14(13-21)3-6-17(15)18-16/h3-6,11,13H,2,7-10,12H2,1H3. The van der Waals surface area contributed by atoms with Crippen LogP contribution in [0.3, 0.4) is 0 Å². The highest BCUT2D eigenvalue weighted by molar-refractivity contribution is 5.86. The summed E-state index contributed by atoms with van der Waals surface area (Å²) in [6.07, 6.45) is 0.876. The van der Waals surface area contributed by atoms with E-state index in [1.165, 1.54) is 0 Å². The first-order chi connectivity index (χ1) is 10.3. The van der Waals surface area contributed by atoms with Crippen molar-refractivity contribution in [3.8, 4) is 0 Å². The van der Waals surface area contributed by atoms with Gasteiger partial charge in [0.15, 0.2) is 0 Å².